The molecule has 3 heterocycles. The third kappa shape index (κ3) is 2.77. The molecule has 2 aliphatic rings. The Hall–Kier alpha value is -2.14. The Kier molecular flexibility index (Phi) is 3.65. The van der Waals surface area contributed by atoms with Gasteiger partial charge in [0, 0.05) is 50.2 Å². The number of likely N-dealkylation sites (N-methyl/N-ethyl adjacent to an activating group) is 1. The Morgan fingerprint density at radius 1 is 0.957 bits per heavy atom. The van der Waals surface area contributed by atoms with E-state index in [0.717, 1.165) is 56.6 Å². The summed E-state index contributed by atoms with van der Waals surface area (Å²) in [4.78, 5) is 16.6. The quantitative estimate of drug-likeness (QED) is 0.850. The normalized spacial score (nSPS) is 18.3. The number of hydrogen-bond acceptors (Lipinski definition) is 5. The number of fused-ring (bicyclic) bond motifs is 1. The SMILES string of the molecule is Cc1cc(N2CCN(C)CC2)nc(N2CCc3ccccc32)n1. The van der Waals surface area contributed by atoms with Crippen molar-refractivity contribution in [3.8, 4) is 0 Å². The number of aryl methyl sites for hydroxylation is 1. The molecule has 0 N–H and O–H groups in total. The maximum absolute atomic E-state index is 4.89. The molecule has 1 aromatic carbocycles. The fraction of sp³-hybridized carbons (Fsp3) is 0.444. The van der Waals surface area contributed by atoms with E-state index in [9.17, 15) is 0 Å². The lowest BCUT2D eigenvalue weighted by Gasteiger charge is -2.33. The maximum Gasteiger partial charge on any atom is 0.232 e. The van der Waals surface area contributed by atoms with Crippen LogP contribution in [0.5, 0.6) is 0 Å². The van der Waals surface area contributed by atoms with E-state index in [4.69, 9.17) is 9.97 Å². The number of benzene rings is 1. The topological polar surface area (TPSA) is 35.5 Å². The lowest BCUT2D eigenvalue weighted by Crippen LogP contribution is -2.45. The van der Waals surface area contributed by atoms with Gasteiger partial charge in [-0.15, -0.1) is 0 Å². The molecule has 1 fully saturated rings. The van der Waals surface area contributed by atoms with Gasteiger partial charge in [-0.1, -0.05) is 18.2 Å². The van der Waals surface area contributed by atoms with Gasteiger partial charge in [0.2, 0.25) is 5.95 Å². The average molecular weight is 309 g/mol. The second-order valence-electron chi connectivity index (χ2n) is 6.49. The number of para-hydroxylation sites is 1. The van der Waals surface area contributed by atoms with Crippen LogP contribution in [0.1, 0.15) is 11.3 Å². The second-order valence-corrected chi connectivity index (χ2v) is 6.49. The first-order chi connectivity index (χ1) is 11.2. The number of aromatic nitrogens is 2. The van der Waals surface area contributed by atoms with E-state index in [0.29, 0.717) is 0 Å². The zero-order chi connectivity index (χ0) is 15.8. The number of hydrogen-bond donors (Lipinski definition) is 0. The van der Waals surface area contributed by atoms with Gasteiger partial charge in [-0.05, 0) is 32.0 Å². The van der Waals surface area contributed by atoms with Gasteiger partial charge in [-0.25, -0.2) is 4.98 Å². The number of anilines is 3. The highest BCUT2D eigenvalue weighted by molar-refractivity contribution is 5.66. The van der Waals surface area contributed by atoms with Crippen molar-refractivity contribution >= 4 is 17.5 Å². The van der Waals surface area contributed by atoms with Crippen LogP contribution in [0, 0.1) is 6.92 Å². The third-order valence-electron chi connectivity index (χ3n) is 4.78. The van der Waals surface area contributed by atoms with Gasteiger partial charge in [0.1, 0.15) is 5.82 Å². The van der Waals surface area contributed by atoms with E-state index in [1.54, 1.807) is 0 Å². The van der Waals surface area contributed by atoms with Crippen molar-refractivity contribution in [3.05, 3.63) is 41.6 Å². The second kappa shape index (κ2) is 5.81. The Morgan fingerprint density at radius 3 is 2.57 bits per heavy atom. The molecule has 0 amide bonds. The highest BCUT2D eigenvalue weighted by atomic mass is 15.3. The van der Waals surface area contributed by atoms with Crippen molar-refractivity contribution in [1.82, 2.24) is 14.9 Å². The van der Waals surface area contributed by atoms with Gasteiger partial charge < -0.3 is 14.7 Å². The highest BCUT2D eigenvalue weighted by Gasteiger charge is 2.24. The molecule has 1 saturated heterocycles. The van der Waals surface area contributed by atoms with E-state index < -0.39 is 0 Å². The van der Waals surface area contributed by atoms with Gasteiger partial charge >= 0.3 is 0 Å². The van der Waals surface area contributed by atoms with E-state index in [1.165, 1.54) is 11.3 Å². The summed E-state index contributed by atoms with van der Waals surface area (Å²) in [7, 11) is 2.18. The molecule has 0 aliphatic carbocycles. The lowest BCUT2D eigenvalue weighted by atomic mass is 10.2. The van der Waals surface area contributed by atoms with Crippen molar-refractivity contribution in [2.24, 2.45) is 0 Å². The first kappa shape index (κ1) is 14.5. The average Bonchev–Trinajstić information content (AvgIpc) is 2.99. The minimum absolute atomic E-state index is 0.837. The van der Waals surface area contributed by atoms with Crippen LogP contribution in [0.3, 0.4) is 0 Å². The smallest absolute Gasteiger partial charge is 0.232 e. The fourth-order valence-electron chi connectivity index (χ4n) is 3.40. The lowest BCUT2D eigenvalue weighted by molar-refractivity contribution is 0.312. The zero-order valence-corrected chi connectivity index (χ0v) is 13.9. The summed E-state index contributed by atoms with van der Waals surface area (Å²) in [5, 5.41) is 0. The van der Waals surface area contributed by atoms with Crippen LogP contribution in [0.15, 0.2) is 30.3 Å². The summed E-state index contributed by atoms with van der Waals surface area (Å²) in [6.07, 6.45) is 1.07. The summed E-state index contributed by atoms with van der Waals surface area (Å²) >= 11 is 0. The molecular formula is C18H23N5. The fourth-order valence-corrected chi connectivity index (χ4v) is 3.40. The largest absolute Gasteiger partial charge is 0.354 e. The molecule has 1 aromatic heterocycles. The monoisotopic (exact) mass is 309 g/mol. The first-order valence-corrected chi connectivity index (χ1v) is 8.35. The van der Waals surface area contributed by atoms with Gasteiger partial charge in [0.05, 0.1) is 0 Å². The summed E-state index contributed by atoms with van der Waals surface area (Å²) in [6, 6.07) is 10.7. The molecule has 0 spiro atoms. The standard InChI is InChI=1S/C18H23N5/c1-14-13-17(22-11-9-21(2)10-12-22)20-18(19-14)23-8-7-15-5-3-4-6-16(15)23/h3-6,13H,7-12H2,1-2H3. The van der Waals surface area contributed by atoms with Crippen molar-refractivity contribution in [1.29, 1.82) is 0 Å². The number of rotatable bonds is 2. The molecule has 5 heteroatoms. The van der Waals surface area contributed by atoms with Gasteiger partial charge in [0.15, 0.2) is 0 Å². The zero-order valence-electron chi connectivity index (χ0n) is 13.9. The van der Waals surface area contributed by atoms with Crippen LogP contribution in [0.2, 0.25) is 0 Å². The van der Waals surface area contributed by atoms with Crippen molar-refractivity contribution < 1.29 is 0 Å². The highest BCUT2D eigenvalue weighted by Crippen LogP contribution is 2.33. The van der Waals surface area contributed by atoms with E-state index in [-0.39, 0.29) is 0 Å². The molecule has 4 rings (SSSR count). The third-order valence-corrected chi connectivity index (χ3v) is 4.78. The summed E-state index contributed by atoms with van der Waals surface area (Å²) in [6.45, 7) is 7.26. The van der Waals surface area contributed by atoms with E-state index in [1.807, 2.05) is 0 Å². The molecule has 0 bridgehead atoms. The van der Waals surface area contributed by atoms with Crippen LogP contribution in [-0.4, -0.2) is 54.6 Å². The van der Waals surface area contributed by atoms with Gasteiger partial charge in [-0.2, -0.15) is 4.98 Å². The Balaban J connectivity index is 1.65. The minimum Gasteiger partial charge on any atom is -0.354 e. The van der Waals surface area contributed by atoms with Crippen molar-refractivity contribution in [3.63, 3.8) is 0 Å². The van der Waals surface area contributed by atoms with Crippen LogP contribution in [0.25, 0.3) is 0 Å². The molecule has 120 valence electrons. The van der Waals surface area contributed by atoms with Crippen LogP contribution >= 0.6 is 0 Å². The predicted octanol–water partition coefficient (Wildman–Crippen LogP) is 2.23. The molecule has 2 aliphatic heterocycles. The molecule has 0 unspecified atom stereocenters. The molecule has 0 atom stereocenters. The van der Waals surface area contributed by atoms with Crippen molar-refractivity contribution in [2.75, 3.05) is 49.6 Å². The predicted molar refractivity (Wildman–Crippen MR) is 93.6 cm³/mol. The summed E-state index contributed by atoms with van der Waals surface area (Å²) < 4.78 is 0. The van der Waals surface area contributed by atoms with Crippen LogP contribution < -0.4 is 9.80 Å². The summed E-state index contributed by atoms with van der Waals surface area (Å²) in [5.41, 5.74) is 3.68. The minimum atomic E-state index is 0.837. The number of nitrogens with zero attached hydrogens (tertiary/aromatic N) is 5. The Labute approximate surface area is 137 Å². The van der Waals surface area contributed by atoms with E-state index in [2.05, 4.69) is 59.0 Å². The molecule has 0 radical (unpaired) electrons. The molecular weight excluding hydrogens is 286 g/mol. The molecule has 5 nitrogen and oxygen atoms in total. The number of piperazine rings is 1. The maximum atomic E-state index is 4.89. The van der Waals surface area contributed by atoms with Crippen LogP contribution in [-0.2, 0) is 6.42 Å². The van der Waals surface area contributed by atoms with Crippen LogP contribution in [0.4, 0.5) is 17.5 Å². The molecule has 2 aromatic rings. The van der Waals surface area contributed by atoms with E-state index >= 15 is 0 Å². The van der Waals surface area contributed by atoms with Crippen molar-refractivity contribution in [2.45, 2.75) is 13.3 Å². The molecule has 0 saturated carbocycles. The Bertz CT molecular complexity index is 706. The first-order valence-electron chi connectivity index (χ1n) is 8.35. The molecule has 23 heavy (non-hydrogen) atoms. The summed E-state index contributed by atoms with van der Waals surface area (Å²) in [5.74, 6) is 1.90. The Morgan fingerprint density at radius 2 is 1.74 bits per heavy atom. The van der Waals surface area contributed by atoms with Gasteiger partial charge in [-0.3, -0.25) is 0 Å². The van der Waals surface area contributed by atoms with Gasteiger partial charge in [0.25, 0.3) is 0 Å².